The van der Waals surface area contributed by atoms with Crippen LogP contribution in [0.4, 0.5) is 10.1 Å². The number of halogens is 1. The minimum atomic E-state index is -3.53. The second-order valence-electron chi connectivity index (χ2n) is 5.59. The minimum absolute atomic E-state index is 0.0567. The fraction of sp³-hybridized carbons (Fsp3) is 0.111. The van der Waals surface area contributed by atoms with Crippen molar-refractivity contribution in [2.45, 2.75) is 11.8 Å². The predicted molar refractivity (Wildman–Crippen MR) is 100 cm³/mol. The van der Waals surface area contributed by atoms with E-state index in [1.807, 2.05) is 0 Å². The molecule has 0 saturated heterocycles. The molecule has 0 aliphatic carbocycles. The zero-order valence-corrected chi connectivity index (χ0v) is 15.4. The highest BCUT2D eigenvalue weighted by molar-refractivity contribution is 7.89. The van der Waals surface area contributed by atoms with Crippen LogP contribution in [0.2, 0.25) is 0 Å². The number of hydrogen-bond acceptors (Lipinski definition) is 4. The van der Waals surface area contributed by atoms with E-state index >= 15 is 0 Å². The molecule has 27 heavy (non-hydrogen) atoms. The Labute approximate surface area is 156 Å². The molecule has 7 nitrogen and oxygen atoms in total. The average Bonchev–Trinajstić information content (AvgIpc) is 2.63. The van der Waals surface area contributed by atoms with Crippen molar-refractivity contribution < 1.29 is 22.4 Å². The first-order valence-electron chi connectivity index (χ1n) is 7.76. The summed E-state index contributed by atoms with van der Waals surface area (Å²) in [5, 5.41) is 2.48. The van der Waals surface area contributed by atoms with Gasteiger partial charge in [-0.2, -0.15) is 0 Å². The van der Waals surface area contributed by atoms with E-state index in [9.17, 15) is 22.4 Å². The van der Waals surface area contributed by atoms with Crippen molar-refractivity contribution >= 4 is 33.6 Å². The molecule has 2 rings (SSSR count). The lowest BCUT2D eigenvalue weighted by atomic mass is 10.1. The summed E-state index contributed by atoms with van der Waals surface area (Å²) in [5.74, 6) is -2.02. The number of anilines is 1. The Bertz CT molecular complexity index is 1020. The van der Waals surface area contributed by atoms with Crippen molar-refractivity contribution in [1.29, 1.82) is 0 Å². The number of carbonyl (C=O) groups excluding carboxylic acids is 2. The van der Waals surface area contributed by atoms with Crippen LogP contribution >= 0.6 is 0 Å². The Morgan fingerprint density at radius 3 is 2.33 bits per heavy atom. The molecule has 9 heteroatoms. The van der Waals surface area contributed by atoms with Gasteiger partial charge in [-0.15, -0.1) is 0 Å². The summed E-state index contributed by atoms with van der Waals surface area (Å²) in [6.07, 6.45) is 2.67. The van der Waals surface area contributed by atoms with Crippen LogP contribution in [0.5, 0.6) is 0 Å². The summed E-state index contributed by atoms with van der Waals surface area (Å²) in [5.41, 5.74) is 5.98. The number of nitrogens with two attached hydrogens (primary N) is 1. The first-order valence-corrected chi connectivity index (χ1v) is 9.25. The fourth-order valence-corrected chi connectivity index (χ4v) is 2.90. The number of benzene rings is 2. The largest absolute Gasteiger partial charge is 0.366 e. The Morgan fingerprint density at radius 1 is 1.15 bits per heavy atom. The number of sulfonamides is 1. The predicted octanol–water partition coefficient (Wildman–Crippen LogP) is 1.79. The SMILES string of the molecule is CNS(=O)(=O)c1ccc(/C=C/C(=O)Nc2cc(C(N)=O)cc(F)c2C)cc1. The number of hydrogen-bond donors (Lipinski definition) is 3. The van der Waals surface area contributed by atoms with E-state index in [4.69, 9.17) is 5.73 Å². The lowest BCUT2D eigenvalue weighted by molar-refractivity contribution is -0.111. The molecular formula is C18H18FN3O4S. The molecule has 0 aliphatic heterocycles. The first-order chi connectivity index (χ1) is 12.6. The summed E-state index contributed by atoms with van der Waals surface area (Å²) in [4.78, 5) is 23.4. The Balaban J connectivity index is 2.15. The van der Waals surface area contributed by atoms with Crippen molar-refractivity contribution in [3.63, 3.8) is 0 Å². The summed E-state index contributed by atoms with van der Waals surface area (Å²) in [7, 11) is -2.22. The van der Waals surface area contributed by atoms with Gasteiger partial charge in [-0.25, -0.2) is 17.5 Å². The van der Waals surface area contributed by atoms with E-state index < -0.39 is 27.7 Å². The number of amides is 2. The van der Waals surface area contributed by atoms with E-state index in [0.29, 0.717) is 5.56 Å². The maximum absolute atomic E-state index is 13.8. The molecular weight excluding hydrogens is 373 g/mol. The lowest BCUT2D eigenvalue weighted by Gasteiger charge is -2.09. The molecule has 0 aliphatic rings. The van der Waals surface area contributed by atoms with Crippen LogP contribution in [-0.2, 0) is 14.8 Å². The maximum Gasteiger partial charge on any atom is 0.248 e. The highest BCUT2D eigenvalue weighted by atomic mass is 32.2. The normalized spacial score (nSPS) is 11.5. The monoisotopic (exact) mass is 391 g/mol. The van der Waals surface area contributed by atoms with Crippen LogP contribution in [0, 0.1) is 12.7 Å². The van der Waals surface area contributed by atoms with Gasteiger partial charge in [0.1, 0.15) is 5.82 Å². The van der Waals surface area contributed by atoms with Gasteiger partial charge in [0.05, 0.1) is 4.90 Å². The molecule has 0 heterocycles. The van der Waals surface area contributed by atoms with E-state index in [-0.39, 0.29) is 21.7 Å². The van der Waals surface area contributed by atoms with Gasteiger partial charge in [-0.1, -0.05) is 12.1 Å². The summed E-state index contributed by atoms with van der Waals surface area (Å²) >= 11 is 0. The Hall–Kier alpha value is -3.04. The standard InChI is InChI=1S/C18H18FN3O4S/c1-11-15(19)9-13(18(20)24)10-16(11)22-17(23)8-5-12-3-6-14(7-4-12)27(25,26)21-2/h3-10,21H,1-2H3,(H2,20,24)(H,22,23)/b8-5+. The topological polar surface area (TPSA) is 118 Å². The molecule has 0 aromatic heterocycles. The maximum atomic E-state index is 13.8. The third-order valence-corrected chi connectivity index (χ3v) is 5.20. The van der Waals surface area contributed by atoms with Crippen molar-refractivity contribution in [2.75, 3.05) is 12.4 Å². The zero-order chi connectivity index (χ0) is 20.2. The van der Waals surface area contributed by atoms with Crippen molar-refractivity contribution in [3.05, 3.63) is 65.0 Å². The third kappa shape index (κ3) is 4.99. The Kier molecular flexibility index (Phi) is 6.09. The number of primary amides is 1. The van der Waals surface area contributed by atoms with Crippen molar-refractivity contribution in [3.8, 4) is 0 Å². The van der Waals surface area contributed by atoms with E-state index in [1.54, 1.807) is 0 Å². The molecule has 2 amide bonds. The van der Waals surface area contributed by atoms with E-state index in [1.165, 1.54) is 56.5 Å². The van der Waals surface area contributed by atoms with Crippen molar-refractivity contribution in [2.24, 2.45) is 5.73 Å². The molecule has 142 valence electrons. The smallest absolute Gasteiger partial charge is 0.248 e. The second kappa shape index (κ2) is 8.11. The molecule has 0 fully saturated rings. The van der Waals surface area contributed by atoms with E-state index in [2.05, 4.69) is 10.0 Å². The average molecular weight is 391 g/mol. The highest BCUT2D eigenvalue weighted by Crippen LogP contribution is 2.21. The van der Waals surface area contributed by atoms with Crippen LogP contribution in [0.3, 0.4) is 0 Å². The molecule has 2 aromatic carbocycles. The number of carbonyl (C=O) groups is 2. The fourth-order valence-electron chi connectivity index (χ4n) is 2.17. The quantitative estimate of drug-likeness (QED) is 0.651. The van der Waals surface area contributed by atoms with Crippen LogP contribution in [0.25, 0.3) is 6.08 Å². The highest BCUT2D eigenvalue weighted by Gasteiger charge is 2.12. The van der Waals surface area contributed by atoms with Gasteiger partial charge in [0.15, 0.2) is 0 Å². The Morgan fingerprint density at radius 2 is 1.78 bits per heavy atom. The van der Waals surface area contributed by atoms with Crippen LogP contribution in [-0.4, -0.2) is 27.3 Å². The third-order valence-electron chi connectivity index (χ3n) is 3.77. The van der Waals surface area contributed by atoms with Gasteiger partial charge in [0.25, 0.3) is 0 Å². The molecule has 0 radical (unpaired) electrons. The molecule has 0 atom stereocenters. The first kappa shape index (κ1) is 20.3. The van der Waals surface area contributed by atoms with Gasteiger partial charge < -0.3 is 11.1 Å². The molecule has 0 unspecified atom stereocenters. The molecule has 0 spiro atoms. The summed E-state index contributed by atoms with van der Waals surface area (Å²) in [6, 6.07) is 8.17. The van der Waals surface area contributed by atoms with Gasteiger partial charge in [0.2, 0.25) is 21.8 Å². The lowest BCUT2D eigenvalue weighted by Crippen LogP contribution is -2.18. The van der Waals surface area contributed by atoms with Crippen molar-refractivity contribution in [1.82, 2.24) is 4.72 Å². The number of nitrogens with one attached hydrogen (secondary N) is 2. The zero-order valence-electron chi connectivity index (χ0n) is 14.6. The van der Waals surface area contributed by atoms with Crippen LogP contribution < -0.4 is 15.8 Å². The van der Waals surface area contributed by atoms with Crippen LogP contribution in [0.1, 0.15) is 21.5 Å². The second-order valence-corrected chi connectivity index (χ2v) is 7.48. The summed E-state index contributed by atoms with van der Waals surface area (Å²) < 4.78 is 39.4. The molecule has 2 aromatic rings. The summed E-state index contributed by atoms with van der Waals surface area (Å²) in [6.45, 7) is 1.46. The number of rotatable bonds is 6. The van der Waals surface area contributed by atoms with Gasteiger partial charge in [-0.3, -0.25) is 9.59 Å². The van der Waals surface area contributed by atoms with Crippen LogP contribution in [0.15, 0.2) is 47.4 Å². The van der Waals surface area contributed by atoms with Gasteiger partial charge in [-0.05, 0) is 49.9 Å². The molecule has 4 N–H and O–H groups in total. The van der Waals surface area contributed by atoms with E-state index in [0.717, 1.165) is 6.07 Å². The van der Waals surface area contributed by atoms with Gasteiger partial charge in [0, 0.05) is 22.9 Å². The molecule has 0 bridgehead atoms. The minimum Gasteiger partial charge on any atom is -0.366 e. The van der Waals surface area contributed by atoms with Gasteiger partial charge >= 0.3 is 0 Å². The molecule has 0 saturated carbocycles.